The number of hydrogen-bond donors (Lipinski definition) is 1. The Kier molecular flexibility index (Phi) is 2.42. The van der Waals surface area contributed by atoms with E-state index in [1.807, 2.05) is 0 Å². The predicted octanol–water partition coefficient (Wildman–Crippen LogP) is 0.540. The largest absolute Gasteiger partial charge is 0.384 e. The Bertz CT molecular complexity index is 577. The van der Waals surface area contributed by atoms with E-state index in [4.69, 9.17) is 5.11 Å². The van der Waals surface area contributed by atoms with Crippen LogP contribution in [0.2, 0.25) is 0 Å². The number of amides is 2. The van der Waals surface area contributed by atoms with E-state index in [0.29, 0.717) is 17.7 Å². The molecule has 2 unspecified atom stereocenters. The second-order valence-corrected chi connectivity index (χ2v) is 4.44. The highest BCUT2D eigenvalue weighted by Crippen LogP contribution is 2.48. The molecule has 1 N–H and O–H groups in total. The zero-order valence-electron chi connectivity index (χ0n) is 9.59. The quantitative estimate of drug-likeness (QED) is 0.576. The van der Waals surface area contributed by atoms with Gasteiger partial charge in [-0.3, -0.25) is 9.59 Å². The van der Waals surface area contributed by atoms with Crippen molar-refractivity contribution in [3.05, 3.63) is 29.8 Å². The summed E-state index contributed by atoms with van der Waals surface area (Å²) < 4.78 is 0. The summed E-state index contributed by atoms with van der Waals surface area (Å²) in [4.78, 5) is 25.2. The van der Waals surface area contributed by atoms with Crippen molar-refractivity contribution in [2.24, 2.45) is 11.8 Å². The van der Waals surface area contributed by atoms with Crippen LogP contribution >= 0.6 is 0 Å². The number of anilines is 1. The Morgan fingerprint density at radius 2 is 1.89 bits per heavy atom. The number of fused-ring (bicyclic) bond motifs is 1. The van der Waals surface area contributed by atoms with Crippen molar-refractivity contribution in [1.29, 1.82) is 0 Å². The smallest absolute Gasteiger partial charge is 0.237 e. The maximum Gasteiger partial charge on any atom is 0.237 e. The number of benzene rings is 1. The van der Waals surface area contributed by atoms with Crippen molar-refractivity contribution in [3.63, 3.8) is 0 Å². The van der Waals surface area contributed by atoms with Crippen LogP contribution in [-0.4, -0.2) is 23.5 Å². The summed E-state index contributed by atoms with van der Waals surface area (Å²) in [5.41, 5.74) is 1.12. The number of para-hydroxylation sites is 1. The van der Waals surface area contributed by atoms with Gasteiger partial charge < -0.3 is 5.11 Å². The summed E-state index contributed by atoms with van der Waals surface area (Å²) in [6.45, 7) is -0.249. The molecule has 0 aromatic heterocycles. The fourth-order valence-corrected chi connectivity index (χ4v) is 2.33. The molecule has 1 saturated heterocycles. The van der Waals surface area contributed by atoms with Crippen LogP contribution in [0.1, 0.15) is 12.0 Å². The maximum absolute atomic E-state index is 12.0. The van der Waals surface area contributed by atoms with Crippen LogP contribution in [0.5, 0.6) is 0 Å². The maximum atomic E-state index is 12.0. The van der Waals surface area contributed by atoms with Crippen LogP contribution in [0.4, 0.5) is 5.69 Å². The fourth-order valence-electron chi connectivity index (χ4n) is 2.33. The average Bonchev–Trinajstić information content (AvgIpc) is 3.13. The molecule has 18 heavy (non-hydrogen) atoms. The van der Waals surface area contributed by atoms with E-state index >= 15 is 0 Å². The first kappa shape index (κ1) is 11.0. The lowest BCUT2D eigenvalue weighted by Crippen LogP contribution is -2.33. The van der Waals surface area contributed by atoms with Crippen LogP contribution in [0, 0.1) is 23.7 Å². The van der Waals surface area contributed by atoms with E-state index in [1.165, 1.54) is 4.90 Å². The number of piperidine rings is 1. The Morgan fingerprint density at radius 1 is 1.22 bits per heavy atom. The SMILES string of the molecule is O=C1C2CC2C(=O)N1c1ccccc1C#CCO. The number of rotatable bonds is 1. The summed E-state index contributed by atoms with van der Waals surface area (Å²) in [7, 11) is 0. The highest BCUT2D eigenvalue weighted by Gasteiger charge is 2.59. The summed E-state index contributed by atoms with van der Waals surface area (Å²) >= 11 is 0. The highest BCUT2D eigenvalue weighted by atomic mass is 16.2. The third-order valence-corrected chi connectivity index (χ3v) is 3.31. The third-order valence-electron chi connectivity index (χ3n) is 3.31. The molecule has 4 nitrogen and oxygen atoms in total. The van der Waals surface area contributed by atoms with Crippen LogP contribution < -0.4 is 4.90 Å². The van der Waals surface area contributed by atoms with Gasteiger partial charge in [0.15, 0.2) is 0 Å². The van der Waals surface area contributed by atoms with Gasteiger partial charge in [-0.1, -0.05) is 24.0 Å². The molecule has 3 rings (SSSR count). The van der Waals surface area contributed by atoms with Gasteiger partial charge >= 0.3 is 0 Å². The number of imide groups is 1. The molecule has 1 aliphatic carbocycles. The van der Waals surface area contributed by atoms with Crippen molar-refractivity contribution >= 4 is 17.5 Å². The molecule has 90 valence electrons. The Labute approximate surface area is 104 Å². The summed E-state index contributed by atoms with van der Waals surface area (Å²) in [5.74, 6) is 4.83. The van der Waals surface area contributed by atoms with Crippen LogP contribution in [0.15, 0.2) is 24.3 Å². The molecule has 1 aliphatic heterocycles. The number of carbonyl (C=O) groups is 2. The van der Waals surface area contributed by atoms with Gasteiger partial charge in [0.05, 0.1) is 17.5 Å². The summed E-state index contributed by atoms with van der Waals surface area (Å²) in [6.07, 6.45) is 0.693. The molecule has 1 saturated carbocycles. The molecule has 2 amide bonds. The first-order valence-electron chi connectivity index (χ1n) is 5.80. The predicted molar refractivity (Wildman–Crippen MR) is 64.5 cm³/mol. The fraction of sp³-hybridized carbons (Fsp3) is 0.286. The van der Waals surface area contributed by atoms with Gasteiger partial charge in [0.25, 0.3) is 0 Å². The molecular formula is C14H11NO3. The molecule has 0 bridgehead atoms. The zero-order valence-corrected chi connectivity index (χ0v) is 9.59. The minimum atomic E-state index is -0.249. The van der Waals surface area contributed by atoms with Crippen LogP contribution in [0.3, 0.4) is 0 Å². The number of nitrogens with zero attached hydrogens (tertiary/aromatic N) is 1. The Balaban J connectivity index is 2.02. The highest BCUT2D eigenvalue weighted by molar-refractivity contribution is 6.25. The van der Waals surface area contributed by atoms with Gasteiger partial charge in [-0.25, -0.2) is 4.90 Å². The van der Waals surface area contributed by atoms with Gasteiger partial charge in [-0.15, -0.1) is 0 Å². The van der Waals surface area contributed by atoms with E-state index in [-0.39, 0.29) is 30.3 Å². The number of aliphatic hydroxyl groups is 1. The molecular weight excluding hydrogens is 230 g/mol. The molecule has 1 aromatic rings. The van der Waals surface area contributed by atoms with Crippen molar-refractivity contribution < 1.29 is 14.7 Å². The minimum absolute atomic E-state index is 0.114. The lowest BCUT2D eigenvalue weighted by Gasteiger charge is -2.17. The monoisotopic (exact) mass is 241 g/mol. The van der Waals surface area contributed by atoms with E-state index in [9.17, 15) is 9.59 Å². The lowest BCUT2D eigenvalue weighted by atomic mass is 10.1. The van der Waals surface area contributed by atoms with E-state index in [0.717, 1.165) is 0 Å². The van der Waals surface area contributed by atoms with Crippen molar-refractivity contribution in [3.8, 4) is 11.8 Å². The average molecular weight is 241 g/mol. The number of carbonyl (C=O) groups excluding carboxylic acids is 2. The lowest BCUT2D eigenvalue weighted by molar-refractivity contribution is -0.123. The van der Waals surface area contributed by atoms with Gasteiger partial charge in [0, 0.05) is 5.56 Å². The van der Waals surface area contributed by atoms with Gasteiger partial charge in [-0.05, 0) is 18.6 Å². The second-order valence-electron chi connectivity index (χ2n) is 4.44. The molecule has 2 atom stereocenters. The summed E-state index contributed by atoms with van der Waals surface area (Å²) in [6, 6.07) is 7.01. The molecule has 0 radical (unpaired) electrons. The van der Waals surface area contributed by atoms with E-state index in [2.05, 4.69) is 11.8 Å². The van der Waals surface area contributed by atoms with E-state index in [1.54, 1.807) is 24.3 Å². The Morgan fingerprint density at radius 3 is 2.56 bits per heavy atom. The molecule has 4 heteroatoms. The Hall–Kier alpha value is -2.12. The molecule has 1 heterocycles. The van der Waals surface area contributed by atoms with Crippen molar-refractivity contribution in [2.45, 2.75) is 6.42 Å². The normalized spacial score (nSPS) is 24.6. The first-order valence-corrected chi connectivity index (χ1v) is 5.80. The number of aliphatic hydroxyl groups excluding tert-OH is 1. The topological polar surface area (TPSA) is 57.6 Å². The second kappa shape index (κ2) is 3.97. The van der Waals surface area contributed by atoms with Crippen LogP contribution in [0.25, 0.3) is 0 Å². The summed E-state index contributed by atoms with van der Waals surface area (Å²) in [5, 5.41) is 8.72. The minimum Gasteiger partial charge on any atom is -0.384 e. The van der Waals surface area contributed by atoms with Gasteiger partial charge in [0.2, 0.25) is 11.8 Å². The molecule has 1 aromatic carbocycles. The van der Waals surface area contributed by atoms with Gasteiger partial charge in [0.1, 0.15) is 6.61 Å². The zero-order chi connectivity index (χ0) is 12.7. The standard InChI is InChI=1S/C14H11NO3/c16-7-3-5-9-4-1-2-6-12(9)15-13(17)10-8-11(10)14(15)18/h1-2,4,6,10-11,16H,7-8H2. The third kappa shape index (κ3) is 1.52. The molecule has 2 aliphatic rings. The van der Waals surface area contributed by atoms with E-state index < -0.39 is 0 Å². The van der Waals surface area contributed by atoms with Gasteiger partial charge in [-0.2, -0.15) is 0 Å². The molecule has 0 spiro atoms. The number of hydrogen-bond acceptors (Lipinski definition) is 3. The first-order chi connectivity index (χ1) is 8.74. The van der Waals surface area contributed by atoms with Crippen LogP contribution in [-0.2, 0) is 9.59 Å². The molecule has 2 fully saturated rings. The van der Waals surface area contributed by atoms with Crippen molar-refractivity contribution in [2.75, 3.05) is 11.5 Å². The van der Waals surface area contributed by atoms with Crippen molar-refractivity contribution in [1.82, 2.24) is 0 Å².